The van der Waals surface area contributed by atoms with Crippen molar-refractivity contribution in [3.8, 4) is 0 Å². The maximum Gasteiger partial charge on any atom is 0.188 e. The van der Waals surface area contributed by atoms with E-state index in [2.05, 4.69) is 32.3 Å². The highest BCUT2D eigenvalue weighted by atomic mass is 79.9. The minimum Gasteiger partial charge on any atom is -0.330 e. The van der Waals surface area contributed by atoms with Crippen LogP contribution >= 0.6 is 27.3 Å². The van der Waals surface area contributed by atoms with Gasteiger partial charge in [-0.25, -0.2) is 9.37 Å². The van der Waals surface area contributed by atoms with Crippen molar-refractivity contribution in [3.05, 3.63) is 52.3 Å². The molecule has 19 heavy (non-hydrogen) atoms. The highest BCUT2D eigenvalue weighted by Crippen LogP contribution is 2.31. The summed E-state index contributed by atoms with van der Waals surface area (Å²) in [6, 6.07) is 10.7. The molecule has 0 unspecified atom stereocenters. The molecule has 0 aliphatic rings. The SMILES string of the molecule is Cc1ccc2sc(Nc3cc(F)ccc3Br)nc2c1. The maximum absolute atomic E-state index is 13.2. The van der Waals surface area contributed by atoms with E-state index in [4.69, 9.17) is 0 Å². The van der Waals surface area contributed by atoms with E-state index in [1.54, 1.807) is 17.4 Å². The summed E-state index contributed by atoms with van der Waals surface area (Å²) in [4.78, 5) is 4.50. The van der Waals surface area contributed by atoms with Crippen LogP contribution in [-0.4, -0.2) is 4.98 Å². The molecule has 1 N–H and O–H groups in total. The van der Waals surface area contributed by atoms with Crippen LogP contribution in [-0.2, 0) is 0 Å². The third-order valence-electron chi connectivity index (χ3n) is 2.71. The molecule has 0 amide bonds. The molecule has 0 radical (unpaired) electrons. The average Bonchev–Trinajstić information content (AvgIpc) is 2.75. The summed E-state index contributed by atoms with van der Waals surface area (Å²) in [6.07, 6.45) is 0. The molecule has 0 saturated heterocycles. The number of anilines is 2. The highest BCUT2D eigenvalue weighted by molar-refractivity contribution is 9.10. The molecular weight excluding hydrogens is 327 g/mol. The summed E-state index contributed by atoms with van der Waals surface area (Å²) in [6.45, 7) is 2.04. The van der Waals surface area contributed by atoms with Gasteiger partial charge in [-0.05, 0) is 58.7 Å². The van der Waals surface area contributed by atoms with Gasteiger partial charge in [-0.15, -0.1) is 0 Å². The Bertz CT molecular complexity index is 754. The van der Waals surface area contributed by atoms with E-state index in [1.807, 2.05) is 19.1 Å². The van der Waals surface area contributed by atoms with E-state index in [0.29, 0.717) is 5.69 Å². The molecular formula is C14H10BrFN2S. The first-order chi connectivity index (χ1) is 9.11. The van der Waals surface area contributed by atoms with Crippen LogP contribution in [0.4, 0.5) is 15.2 Å². The van der Waals surface area contributed by atoms with Crippen molar-refractivity contribution in [1.29, 1.82) is 0 Å². The molecule has 0 bridgehead atoms. The third-order valence-corrected chi connectivity index (χ3v) is 4.36. The second kappa shape index (κ2) is 4.90. The summed E-state index contributed by atoms with van der Waals surface area (Å²) in [5.41, 5.74) is 2.81. The van der Waals surface area contributed by atoms with Crippen LogP contribution in [0.2, 0.25) is 0 Å². The number of thiazole rings is 1. The molecule has 2 aromatic carbocycles. The summed E-state index contributed by atoms with van der Waals surface area (Å²) >= 11 is 4.94. The van der Waals surface area contributed by atoms with Crippen molar-refractivity contribution in [3.63, 3.8) is 0 Å². The smallest absolute Gasteiger partial charge is 0.188 e. The predicted octanol–water partition coefficient (Wildman–Crippen LogP) is 5.25. The van der Waals surface area contributed by atoms with Crippen LogP contribution in [0.3, 0.4) is 0 Å². The van der Waals surface area contributed by atoms with Gasteiger partial charge in [0.1, 0.15) is 5.82 Å². The first-order valence-electron chi connectivity index (χ1n) is 5.71. The van der Waals surface area contributed by atoms with Gasteiger partial charge in [-0.2, -0.15) is 0 Å². The molecule has 0 atom stereocenters. The van der Waals surface area contributed by atoms with Crippen LogP contribution in [0.25, 0.3) is 10.2 Å². The number of nitrogens with zero attached hydrogens (tertiary/aromatic N) is 1. The number of aryl methyl sites for hydroxylation is 1. The Labute approximate surface area is 122 Å². The van der Waals surface area contributed by atoms with Gasteiger partial charge < -0.3 is 5.32 Å². The zero-order chi connectivity index (χ0) is 13.4. The fraction of sp³-hybridized carbons (Fsp3) is 0.0714. The lowest BCUT2D eigenvalue weighted by molar-refractivity contribution is 0.628. The van der Waals surface area contributed by atoms with Crippen molar-refractivity contribution in [2.24, 2.45) is 0 Å². The minimum atomic E-state index is -0.275. The van der Waals surface area contributed by atoms with E-state index >= 15 is 0 Å². The third kappa shape index (κ3) is 2.62. The Morgan fingerprint density at radius 1 is 1.21 bits per heavy atom. The van der Waals surface area contributed by atoms with E-state index < -0.39 is 0 Å². The van der Waals surface area contributed by atoms with Gasteiger partial charge in [-0.3, -0.25) is 0 Å². The number of hydrogen-bond donors (Lipinski definition) is 1. The molecule has 3 rings (SSSR count). The number of benzene rings is 2. The van der Waals surface area contributed by atoms with E-state index in [-0.39, 0.29) is 5.82 Å². The first-order valence-corrected chi connectivity index (χ1v) is 7.32. The van der Waals surface area contributed by atoms with Crippen molar-refractivity contribution >= 4 is 48.3 Å². The van der Waals surface area contributed by atoms with Crippen molar-refractivity contribution in [2.45, 2.75) is 6.92 Å². The van der Waals surface area contributed by atoms with Crippen LogP contribution < -0.4 is 5.32 Å². The second-order valence-electron chi connectivity index (χ2n) is 4.24. The van der Waals surface area contributed by atoms with Crippen molar-refractivity contribution in [2.75, 3.05) is 5.32 Å². The van der Waals surface area contributed by atoms with Crippen LogP contribution in [0.5, 0.6) is 0 Å². The highest BCUT2D eigenvalue weighted by Gasteiger charge is 2.07. The molecule has 0 aliphatic carbocycles. The summed E-state index contributed by atoms with van der Waals surface area (Å²) in [5.74, 6) is -0.275. The number of fused-ring (bicyclic) bond motifs is 1. The Balaban J connectivity index is 1.98. The first kappa shape index (κ1) is 12.6. The minimum absolute atomic E-state index is 0.275. The van der Waals surface area contributed by atoms with E-state index in [9.17, 15) is 4.39 Å². The lowest BCUT2D eigenvalue weighted by Gasteiger charge is -2.04. The molecule has 3 aromatic rings. The number of aromatic nitrogens is 1. The molecule has 5 heteroatoms. The van der Waals surface area contributed by atoms with Crippen molar-refractivity contribution in [1.82, 2.24) is 4.98 Å². The lowest BCUT2D eigenvalue weighted by Crippen LogP contribution is -1.91. The normalized spacial score (nSPS) is 10.9. The van der Waals surface area contributed by atoms with Crippen LogP contribution in [0, 0.1) is 12.7 Å². The van der Waals surface area contributed by atoms with Gasteiger partial charge in [0.15, 0.2) is 5.13 Å². The number of rotatable bonds is 2. The number of nitrogens with one attached hydrogen (secondary N) is 1. The monoisotopic (exact) mass is 336 g/mol. The molecule has 1 aromatic heterocycles. The van der Waals surface area contributed by atoms with Gasteiger partial charge in [0.25, 0.3) is 0 Å². The van der Waals surface area contributed by atoms with Gasteiger partial charge in [0, 0.05) is 4.47 Å². The van der Waals surface area contributed by atoms with Gasteiger partial charge >= 0.3 is 0 Å². The second-order valence-corrected chi connectivity index (χ2v) is 6.12. The van der Waals surface area contributed by atoms with Gasteiger partial charge in [0.2, 0.25) is 0 Å². The molecule has 0 saturated carbocycles. The number of hydrogen-bond acceptors (Lipinski definition) is 3. The largest absolute Gasteiger partial charge is 0.330 e. The summed E-state index contributed by atoms with van der Waals surface area (Å²) < 4.78 is 15.2. The lowest BCUT2D eigenvalue weighted by atomic mass is 10.2. The Morgan fingerprint density at radius 3 is 2.89 bits per heavy atom. The molecule has 96 valence electrons. The van der Waals surface area contributed by atoms with Crippen LogP contribution in [0.1, 0.15) is 5.56 Å². The Kier molecular flexibility index (Phi) is 3.24. The molecule has 0 spiro atoms. The van der Waals surface area contributed by atoms with Gasteiger partial charge in [0.05, 0.1) is 15.9 Å². The topological polar surface area (TPSA) is 24.9 Å². The maximum atomic E-state index is 13.2. The number of halogens is 2. The summed E-state index contributed by atoms with van der Waals surface area (Å²) in [7, 11) is 0. The molecule has 0 aliphatic heterocycles. The molecule has 2 nitrogen and oxygen atoms in total. The fourth-order valence-corrected chi connectivity index (χ4v) is 3.00. The van der Waals surface area contributed by atoms with E-state index in [0.717, 1.165) is 19.8 Å². The zero-order valence-electron chi connectivity index (χ0n) is 10.1. The average molecular weight is 337 g/mol. The fourth-order valence-electron chi connectivity index (χ4n) is 1.80. The molecule has 1 heterocycles. The zero-order valence-corrected chi connectivity index (χ0v) is 12.5. The predicted molar refractivity (Wildman–Crippen MR) is 81.7 cm³/mol. The standard InChI is InChI=1S/C14H10BrFN2S/c1-8-2-5-13-12(6-8)18-14(19-13)17-11-7-9(16)3-4-10(11)15/h2-7H,1H3,(H,17,18). The van der Waals surface area contributed by atoms with Gasteiger partial charge in [-0.1, -0.05) is 17.4 Å². The summed E-state index contributed by atoms with van der Waals surface area (Å²) in [5, 5.41) is 3.90. The van der Waals surface area contributed by atoms with Crippen LogP contribution in [0.15, 0.2) is 40.9 Å². The quantitative estimate of drug-likeness (QED) is 0.691. The Morgan fingerprint density at radius 2 is 2.05 bits per heavy atom. The molecule has 0 fully saturated rings. The van der Waals surface area contributed by atoms with Crippen molar-refractivity contribution < 1.29 is 4.39 Å². The van der Waals surface area contributed by atoms with E-state index in [1.165, 1.54) is 17.7 Å². The Hall–Kier alpha value is -1.46.